The summed E-state index contributed by atoms with van der Waals surface area (Å²) in [4.78, 5) is 4.24. The monoisotopic (exact) mass is 469 g/mol. The highest BCUT2D eigenvalue weighted by Crippen LogP contribution is 2.19. The van der Waals surface area contributed by atoms with Gasteiger partial charge in [0.1, 0.15) is 11.5 Å². The van der Waals surface area contributed by atoms with Gasteiger partial charge in [-0.3, -0.25) is 4.99 Å². The molecule has 5 nitrogen and oxygen atoms in total. The van der Waals surface area contributed by atoms with Gasteiger partial charge in [-0.1, -0.05) is 30.3 Å². The highest BCUT2D eigenvalue weighted by molar-refractivity contribution is 14.0. The van der Waals surface area contributed by atoms with Crippen molar-refractivity contribution in [2.24, 2.45) is 4.99 Å². The van der Waals surface area contributed by atoms with Gasteiger partial charge in [-0.05, 0) is 37.1 Å². The van der Waals surface area contributed by atoms with Crippen molar-refractivity contribution in [2.75, 3.05) is 27.3 Å². The minimum absolute atomic E-state index is 0. The largest absolute Gasteiger partial charge is 0.496 e. The molecule has 0 saturated heterocycles. The number of benzene rings is 2. The Morgan fingerprint density at radius 3 is 2.54 bits per heavy atom. The number of hydrogen-bond acceptors (Lipinski definition) is 3. The van der Waals surface area contributed by atoms with E-state index in [0.717, 1.165) is 36.0 Å². The molecule has 0 radical (unpaired) electrons. The maximum Gasteiger partial charge on any atom is 0.191 e. The van der Waals surface area contributed by atoms with Crippen LogP contribution < -0.4 is 20.1 Å². The summed E-state index contributed by atoms with van der Waals surface area (Å²) in [6.45, 7) is 4.17. The summed E-state index contributed by atoms with van der Waals surface area (Å²) in [5.41, 5.74) is 2.28. The predicted octanol–water partition coefficient (Wildman–Crippen LogP) is 3.76. The lowest BCUT2D eigenvalue weighted by atomic mass is 10.1. The molecule has 6 heteroatoms. The van der Waals surface area contributed by atoms with Crippen LogP contribution in [0.15, 0.2) is 53.5 Å². The number of aryl methyl sites for hydroxylation is 1. The molecule has 0 atom stereocenters. The number of hydrogen-bond donors (Lipinski definition) is 2. The zero-order valence-corrected chi connectivity index (χ0v) is 17.9. The molecule has 142 valence electrons. The molecule has 2 N–H and O–H groups in total. The second-order valence-electron chi connectivity index (χ2n) is 5.68. The van der Waals surface area contributed by atoms with Crippen molar-refractivity contribution in [3.63, 3.8) is 0 Å². The highest BCUT2D eigenvalue weighted by Gasteiger charge is 2.04. The third-order valence-electron chi connectivity index (χ3n) is 3.74. The van der Waals surface area contributed by atoms with Crippen molar-refractivity contribution in [1.29, 1.82) is 0 Å². The number of aliphatic imine (C=N–C) groups is 1. The second-order valence-corrected chi connectivity index (χ2v) is 5.68. The summed E-state index contributed by atoms with van der Waals surface area (Å²) in [6.07, 6.45) is 0.892. The minimum atomic E-state index is 0. The number of methoxy groups -OCH3 is 1. The van der Waals surface area contributed by atoms with E-state index in [4.69, 9.17) is 9.47 Å². The Balaban J connectivity index is 0.00000338. The Hall–Kier alpha value is -1.96. The fraction of sp³-hybridized carbons (Fsp3) is 0.350. The Labute approximate surface area is 173 Å². The molecule has 0 unspecified atom stereocenters. The van der Waals surface area contributed by atoms with Crippen molar-refractivity contribution in [3.05, 3.63) is 59.7 Å². The first-order valence-corrected chi connectivity index (χ1v) is 8.49. The van der Waals surface area contributed by atoms with Crippen molar-refractivity contribution < 1.29 is 9.47 Å². The van der Waals surface area contributed by atoms with E-state index in [1.165, 1.54) is 5.56 Å². The standard InChI is InChI=1S/C20H27N3O2.HI/c1-16-10-11-17(19(14-16)24-3)15-23-20(21-2)22-12-7-13-25-18-8-5-4-6-9-18;/h4-6,8-11,14H,7,12-13,15H2,1-3H3,(H2,21,22,23);1H. The molecule has 26 heavy (non-hydrogen) atoms. The average molecular weight is 469 g/mol. The lowest BCUT2D eigenvalue weighted by Crippen LogP contribution is -2.37. The molecule has 2 rings (SSSR count). The van der Waals surface area contributed by atoms with Crippen molar-refractivity contribution >= 4 is 29.9 Å². The predicted molar refractivity (Wildman–Crippen MR) is 118 cm³/mol. The van der Waals surface area contributed by atoms with Crippen molar-refractivity contribution in [1.82, 2.24) is 10.6 Å². The molecule has 0 saturated carbocycles. The molecule has 0 aromatic heterocycles. The summed E-state index contributed by atoms with van der Waals surface area (Å²) < 4.78 is 11.1. The molecule has 0 spiro atoms. The highest BCUT2D eigenvalue weighted by atomic mass is 127. The van der Waals surface area contributed by atoms with E-state index in [1.54, 1.807) is 14.2 Å². The van der Waals surface area contributed by atoms with Crippen molar-refractivity contribution in [2.45, 2.75) is 19.9 Å². The first kappa shape index (κ1) is 22.1. The van der Waals surface area contributed by atoms with Crippen LogP contribution >= 0.6 is 24.0 Å². The lowest BCUT2D eigenvalue weighted by Gasteiger charge is -2.14. The number of nitrogens with zero attached hydrogens (tertiary/aromatic N) is 1. The number of nitrogens with one attached hydrogen (secondary N) is 2. The SMILES string of the molecule is CN=C(NCCCOc1ccccc1)NCc1ccc(C)cc1OC.I. The molecule has 0 fully saturated rings. The van der Waals surface area contributed by atoms with Gasteiger partial charge in [0.25, 0.3) is 0 Å². The van der Waals surface area contributed by atoms with E-state index < -0.39 is 0 Å². The van der Waals surface area contributed by atoms with Gasteiger partial charge < -0.3 is 20.1 Å². The van der Waals surface area contributed by atoms with E-state index in [1.807, 2.05) is 36.4 Å². The van der Waals surface area contributed by atoms with Crippen LogP contribution in [0.1, 0.15) is 17.5 Å². The molecular formula is C20H28IN3O2. The van der Waals surface area contributed by atoms with Crippen LogP contribution in [0.3, 0.4) is 0 Å². The van der Waals surface area contributed by atoms with E-state index in [0.29, 0.717) is 13.2 Å². The topological polar surface area (TPSA) is 54.9 Å². The summed E-state index contributed by atoms with van der Waals surface area (Å²) in [5, 5.41) is 6.60. The van der Waals surface area contributed by atoms with Crippen LogP contribution in [0.4, 0.5) is 0 Å². The minimum Gasteiger partial charge on any atom is -0.496 e. The molecule has 0 amide bonds. The van der Waals surface area contributed by atoms with Crippen LogP contribution in [-0.2, 0) is 6.54 Å². The number of para-hydroxylation sites is 1. The average Bonchev–Trinajstić information content (AvgIpc) is 2.65. The fourth-order valence-electron chi connectivity index (χ4n) is 2.38. The zero-order chi connectivity index (χ0) is 17.9. The van der Waals surface area contributed by atoms with Gasteiger partial charge in [-0.25, -0.2) is 0 Å². The third-order valence-corrected chi connectivity index (χ3v) is 3.74. The van der Waals surface area contributed by atoms with Gasteiger partial charge in [0.2, 0.25) is 0 Å². The molecule has 0 heterocycles. The smallest absolute Gasteiger partial charge is 0.191 e. The Morgan fingerprint density at radius 1 is 1.08 bits per heavy atom. The maximum atomic E-state index is 5.68. The molecule has 2 aromatic rings. The first-order valence-electron chi connectivity index (χ1n) is 8.49. The Morgan fingerprint density at radius 2 is 1.85 bits per heavy atom. The quantitative estimate of drug-likeness (QED) is 0.268. The van der Waals surface area contributed by atoms with Gasteiger partial charge >= 0.3 is 0 Å². The van der Waals surface area contributed by atoms with Gasteiger partial charge in [-0.2, -0.15) is 0 Å². The molecular weight excluding hydrogens is 441 g/mol. The van der Waals surface area contributed by atoms with Gasteiger partial charge in [0.05, 0.1) is 13.7 Å². The van der Waals surface area contributed by atoms with E-state index in [2.05, 4.69) is 34.7 Å². The second kappa shape index (κ2) is 12.4. The number of guanidine groups is 1. The number of ether oxygens (including phenoxy) is 2. The molecule has 0 aliphatic heterocycles. The summed E-state index contributed by atoms with van der Waals surface area (Å²) in [7, 11) is 3.46. The first-order chi connectivity index (χ1) is 12.2. The fourth-order valence-corrected chi connectivity index (χ4v) is 2.38. The van der Waals surface area contributed by atoms with Crippen LogP contribution in [-0.4, -0.2) is 33.3 Å². The summed E-state index contributed by atoms with van der Waals surface area (Å²) >= 11 is 0. The molecule has 0 aliphatic rings. The van der Waals surface area contributed by atoms with Crippen LogP contribution in [0, 0.1) is 6.92 Å². The Bertz CT molecular complexity index is 678. The van der Waals surface area contributed by atoms with Crippen molar-refractivity contribution in [3.8, 4) is 11.5 Å². The van der Waals surface area contributed by atoms with Crippen LogP contribution in [0.2, 0.25) is 0 Å². The number of rotatable bonds is 8. The summed E-state index contributed by atoms with van der Waals surface area (Å²) in [5.74, 6) is 2.55. The van der Waals surface area contributed by atoms with E-state index >= 15 is 0 Å². The van der Waals surface area contributed by atoms with Crippen LogP contribution in [0.5, 0.6) is 11.5 Å². The third kappa shape index (κ3) is 7.51. The lowest BCUT2D eigenvalue weighted by molar-refractivity contribution is 0.311. The maximum absolute atomic E-state index is 5.68. The molecule has 2 aromatic carbocycles. The summed E-state index contributed by atoms with van der Waals surface area (Å²) in [6, 6.07) is 16.0. The van der Waals surface area contributed by atoms with E-state index in [9.17, 15) is 0 Å². The van der Waals surface area contributed by atoms with Gasteiger partial charge in [0, 0.05) is 25.7 Å². The zero-order valence-electron chi connectivity index (χ0n) is 15.6. The Kier molecular flexibility index (Phi) is 10.5. The van der Waals surface area contributed by atoms with E-state index in [-0.39, 0.29) is 24.0 Å². The van der Waals surface area contributed by atoms with Gasteiger partial charge in [0.15, 0.2) is 5.96 Å². The molecule has 0 aliphatic carbocycles. The normalized spacial score (nSPS) is 10.7. The molecule has 0 bridgehead atoms. The van der Waals surface area contributed by atoms with Gasteiger partial charge in [-0.15, -0.1) is 24.0 Å². The number of halogens is 1. The van der Waals surface area contributed by atoms with Crippen LogP contribution in [0.25, 0.3) is 0 Å².